The van der Waals surface area contributed by atoms with Crippen LogP contribution in [0.3, 0.4) is 0 Å². The number of thiophene rings is 1. The number of hydrogen-bond acceptors (Lipinski definition) is 5. The van der Waals surface area contributed by atoms with E-state index in [1.807, 2.05) is 43.3 Å². The van der Waals surface area contributed by atoms with E-state index in [9.17, 15) is 8.42 Å². The first kappa shape index (κ1) is 16.4. The van der Waals surface area contributed by atoms with Crippen molar-refractivity contribution in [1.29, 1.82) is 0 Å². The number of sulfonamides is 1. The van der Waals surface area contributed by atoms with Crippen LogP contribution in [0, 0.1) is 0 Å². The van der Waals surface area contributed by atoms with Gasteiger partial charge in [-0.1, -0.05) is 18.2 Å². The lowest BCUT2D eigenvalue weighted by atomic mass is 10.1. The van der Waals surface area contributed by atoms with Gasteiger partial charge in [0.15, 0.2) is 0 Å². The van der Waals surface area contributed by atoms with E-state index in [0.717, 1.165) is 11.3 Å². The third kappa shape index (κ3) is 3.28. The van der Waals surface area contributed by atoms with Crippen LogP contribution in [-0.2, 0) is 10.0 Å². The van der Waals surface area contributed by atoms with E-state index in [1.165, 1.54) is 15.6 Å². The van der Waals surface area contributed by atoms with Crippen LogP contribution < -0.4 is 15.2 Å². The van der Waals surface area contributed by atoms with Gasteiger partial charge < -0.3 is 0 Å². The SMILES string of the molecule is CCN(c1ccccc1)S(=O)(=O)c1ccc(C2CC(C)NN2)s1. The highest BCUT2D eigenvalue weighted by Crippen LogP contribution is 2.33. The minimum absolute atomic E-state index is 0.172. The molecule has 2 aromatic rings. The zero-order valence-corrected chi connectivity index (χ0v) is 14.8. The van der Waals surface area contributed by atoms with Crippen molar-refractivity contribution >= 4 is 27.0 Å². The maximum atomic E-state index is 13.0. The highest BCUT2D eigenvalue weighted by molar-refractivity contribution is 7.94. The van der Waals surface area contributed by atoms with Crippen molar-refractivity contribution in [3.8, 4) is 0 Å². The Hall–Kier alpha value is -1.41. The average Bonchev–Trinajstić information content (AvgIpc) is 3.18. The normalized spacial score (nSPS) is 21.5. The van der Waals surface area contributed by atoms with Gasteiger partial charge in [-0.3, -0.25) is 9.73 Å². The van der Waals surface area contributed by atoms with Gasteiger partial charge in [0.25, 0.3) is 10.0 Å². The summed E-state index contributed by atoms with van der Waals surface area (Å²) in [6.07, 6.45) is 0.955. The number of hydrazine groups is 1. The van der Waals surface area contributed by atoms with Crippen molar-refractivity contribution in [2.75, 3.05) is 10.8 Å². The van der Waals surface area contributed by atoms with Crippen molar-refractivity contribution in [2.24, 2.45) is 0 Å². The fourth-order valence-electron chi connectivity index (χ4n) is 2.76. The number of nitrogens with zero attached hydrogens (tertiary/aromatic N) is 1. The smallest absolute Gasteiger partial charge is 0.266 e. The zero-order valence-electron chi connectivity index (χ0n) is 13.2. The molecule has 2 unspecified atom stereocenters. The molecule has 2 atom stereocenters. The Morgan fingerprint density at radius 2 is 1.91 bits per heavy atom. The van der Waals surface area contributed by atoms with Gasteiger partial charge in [-0.05, 0) is 44.5 Å². The quantitative estimate of drug-likeness (QED) is 0.869. The summed E-state index contributed by atoms with van der Waals surface area (Å²) in [7, 11) is -3.52. The summed E-state index contributed by atoms with van der Waals surface area (Å²) >= 11 is 1.35. The third-order valence-electron chi connectivity index (χ3n) is 3.91. The van der Waals surface area contributed by atoms with E-state index in [0.29, 0.717) is 22.5 Å². The Labute approximate surface area is 141 Å². The average molecular weight is 351 g/mol. The monoisotopic (exact) mass is 351 g/mol. The molecule has 1 aromatic carbocycles. The maximum Gasteiger partial charge on any atom is 0.273 e. The lowest BCUT2D eigenvalue weighted by molar-refractivity contribution is 0.564. The molecule has 0 spiro atoms. The molecule has 0 aliphatic carbocycles. The van der Waals surface area contributed by atoms with E-state index in [4.69, 9.17) is 0 Å². The second kappa shape index (κ2) is 6.60. The minimum Gasteiger partial charge on any atom is -0.266 e. The van der Waals surface area contributed by atoms with Crippen LogP contribution in [0.15, 0.2) is 46.7 Å². The number of hydrogen-bond donors (Lipinski definition) is 2. The molecular weight excluding hydrogens is 330 g/mol. The van der Waals surface area contributed by atoms with E-state index < -0.39 is 10.0 Å². The van der Waals surface area contributed by atoms with Gasteiger partial charge in [0.05, 0.1) is 11.7 Å². The Kier molecular flexibility index (Phi) is 4.72. The first-order valence-electron chi connectivity index (χ1n) is 7.71. The molecule has 2 N–H and O–H groups in total. The molecule has 124 valence electrons. The first-order valence-corrected chi connectivity index (χ1v) is 9.96. The molecular formula is C16H21N3O2S2. The van der Waals surface area contributed by atoms with Gasteiger partial charge in [0.1, 0.15) is 4.21 Å². The van der Waals surface area contributed by atoms with Crippen LogP contribution in [0.25, 0.3) is 0 Å². The molecule has 2 heterocycles. The van der Waals surface area contributed by atoms with Crippen LogP contribution in [0.1, 0.15) is 31.2 Å². The summed E-state index contributed by atoms with van der Waals surface area (Å²) in [5.41, 5.74) is 7.08. The van der Waals surface area contributed by atoms with Gasteiger partial charge in [-0.25, -0.2) is 13.8 Å². The number of nitrogens with one attached hydrogen (secondary N) is 2. The number of para-hydroxylation sites is 1. The van der Waals surface area contributed by atoms with Gasteiger partial charge >= 0.3 is 0 Å². The Bertz CT molecular complexity index is 759. The molecule has 23 heavy (non-hydrogen) atoms. The molecule has 1 fully saturated rings. The highest BCUT2D eigenvalue weighted by atomic mass is 32.2. The Morgan fingerprint density at radius 3 is 2.52 bits per heavy atom. The maximum absolute atomic E-state index is 13.0. The Morgan fingerprint density at radius 1 is 1.17 bits per heavy atom. The van der Waals surface area contributed by atoms with E-state index in [2.05, 4.69) is 17.8 Å². The Balaban J connectivity index is 1.89. The van der Waals surface area contributed by atoms with Gasteiger partial charge in [-0.2, -0.15) is 0 Å². The predicted octanol–water partition coefficient (Wildman–Crippen LogP) is 2.89. The summed E-state index contributed by atoms with van der Waals surface area (Å²) in [6, 6.07) is 13.4. The second-order valence-corrected chi connectivity index (χ2v) is 8.84. The first-order chi connectivity index (χ1) is 11.0. The van der Waals surface area contributed by atoms with Crippen LogP contribution in [0.2, 0.25) is 0 Å². The summed E-state index contributed by atoms with van der Waals surface area (Å²) in [6.45, 7) is 4.36. The fraction of sp³-hybridized carbons (Fsp3) is 0.375. The minimum atomic E-state index is -3.52. The van der Waals surface area contributed by atoms with Crippen molar-refractivity contribution in [3.05, 3.63) is 47.3 Å². The second-order valence-electron chi connectivity index (χ2n) is 5.64. The molecule has 3 rings (SSSR count). The van der Waals surface area contributed by atoms with Crippen molar-refractivity contribution in [2.45, 2.75) is 36.6 Å². The van der Waals surface area contributed by atoms with Gasteiger partial charge in [0, 0.05) is 17.5 Å². The lowest BCUT2D eigenvalue weighted by Crippen LogP contribution is -2.30. The molecule has 7 heteroatoms. The van der Waals surface area contributed by atoms with Gasteiger partial charge in [-0.15, -0.1) is 11.3 Å². The van der Waals surface area contributed by atoms with Crippen molar-refractivity contribution in [1.82, 2.24) is 10.9 Å². The van der Waals surface area contributed by atoms with Gasteiger partial charge in [0.2, 0.25) is 0 Å². The van der Waals surface area contributed by atoms with Crippen LogP contribution in [-0.4, -0.2) is 21.0 Å². The molecule has 0 amide bonds. The van der Waals surface area contributed by atoms with E-state index in [1.54, 1.807) is 6.07 Å². The van der Waals surface area contributed by atoms with E-state index >= 15 is 0 Å². The number of rotatable bonds is 5. The molecule has 1 aromatic heterocycles. The highest BCUT2D eigenvalue weighted by Gasteiger charge is 2.28. The van der Waals surface area contributed by atoms with Crippen molar-refractivity contribution < 1.29 is 8.42 Å². The summed E-state index contributed by atoms with van der Waals surface area (Å²) in [5.74, 6) is 0. The fourth-order valence-corrected chi connectivity index (χ4v) is 5.73. The molecule has 0 bridgehead atoms. The van der Waals surface area contributed by atoms with Crippen LogP contribution in [0.5, 0.6) is 0 Å². The topological polar surface area (TPSA) is 61.4 Å². The standard InChI is InChI=1S/C16H21N3O2S2/c1-3-19(13-7-5-4-6-8-13)23(20,21)16-10-9-15(22-16)14-11-12(2)17-18-14/h4-10,12,14,17-18H,3,11H2,1-2H3. The summed E-state index contributed by atoms with van der Waals surface area (Å²) in [5, 5.41) is 0. The van der Waals surface area contributed by atoms with Crippen molar-refractivity contribution in [3.63, 3.8) is 0 Å². The number of anilines is 1. The molecule has 1 saturated heterocycles. The molecule has 5 nitrogen and oxygen atoms in total. The molecule has 0 saturated carbocycles. The largest absolute Gasteiger partial charge is 0.273 e. The molecule has 1 aliphatic rings. The van der Waals surface area contributed by atoms with E-state index in [-0.39, 0.29) is 6.04 Å². The third-order valence-corrected chi connectivity index (χ3v) is 7.48. The summed E-state index contributed by atoms with van der Waals surface area (Å²) in [4.78, 5) is 1.05. The predicted molar refractivity (Wildman–Crippen MR) is 94.1 cm³/mol. The molecule has 1 aliphatic heterocycles. The van der Waals surface area contributed by atoms with Crippen LogP contribution >= 0.6 is 11.3 Å². The zero-order chi connectivity index (χ0) is 16.4. The lowest BCUT2D eigenvalue weighted by Gasteiger charge is -2.21. The van der Waals surface area contributed by atoms with Crippen LogP contribution in [0.4, 0.5) is 5.69 Å². The number of benzene rings is 1. The molecule has 0 radical (unpaired) electrons. The summed E-state index contributed by atoms with van der Waals surface area (Å²) < 4.78 is 27.8.